The number of carbonyl (C=O) groups is 1. The van der Waals surface area contributed by atoms with Gasteiger partial charge in [-0.05, 0) is 24.6 Å². The zero-order valence-corrected chi connectivity index (χ0v) is 9.34. The molecule has 88 valence electrons. The normalized spacial score (nSPS) is 12.1. The highest BCUT2D eigenvalue weighted by molar-refractivity contribution is 5.92. The summed E-state index contributed by atoms with van der Waals surface area (Å²) in [6.07, 6.45) is 1.38. The van der Waals surface area contributed by atoms with Crippen LogP contribution in [-0.4, -0.2) is 21.3 Å². The second-order valence-electron chi connectivity index (χ2n) is 3.72. The minimum absolute atomic E-state index is 0.111. The lowest BCUT2D eigenvalue weighted by Gasteiger charge is -2.13. The molecule has 17 heavy (non-hydrogen) atoms. The van der Waals surface area contributed by atoms with E-state index in [0.29, 0.717) is 5.69 Å². The van der Waals surface area contributed by atoms with Crippen molar-refractivity contribution in [2.75, 3.05) is 5.73 Å². The molecule has 1 heterocycles. The lowest BCUT2D eigenvalue weighted by molar-refractivity contribution is 0.0935. The van der Waals surface area contributed by atoms with Gasteiger partial charge in [0.05, 0.1) is 12.2 Å². The van der Waals surface area contributed by atoms with Crippen LogP contribution in [0, 0.1) is 0 Å². The summed E-state index contributed by atoms with van der Waals surface area (Å²) in [6.45, 7) is 1.89. The fourth-order valence-electron chi connectivity index (χ4n) is 1.45. The number of aromatic amines is 1. The number of hydrogen-bond donors (Lipinski definition) is 3. The van der Waals surface area contributed by atoms with Gasteiger partial charge in [0.15, 0.2) is 5.69 Å². The standard InChI is InChI=1S/C11H13N5O/c1-7(8-2-4-9(12)5-3-8)14-11(17)10-6-13-16-15-10/h2-7H,12H2,1H3,(H,14,17)(H,13,15,16). The van der Waals surface area contributed by atoms with E-state index in [2.05, 4.69) is 20.7 Å². The molecule has 2 aromatic rings. The van der Waals surface area contributed by atoms with E-state index < -0.39 is 0 Å². The van der Waals surface area contributed by atoms with Gasteiger partial charge in [-0.3, -0.25) is 4.79 Å². The molecule has 0 saturated carbocycles. The van der Waals surface area contributed by atoms with Gasteiger partial charge in [0, 0.05) is 5.69 Å². The second kappa shape index (κ2) is 4.65. The number of rotatable bonds is 3. The summed E-state index contributed by atoms with van der Waals surface area (Å²) in [5.41, 5.74) is 7.55. The summed E-state index contributed by atoms with van der Waals surface area (Å²) in [7, 11) is 0. The predicted octanol–water partition coefficient (Wildman–Crippen LogP) is 0.878. The van der Waals surface area contributed by atoms with Crippen LogP contribution in [0.3, 0.4) is 0 Å². The van der Waals surface area contributed by atoms with Gasteiger partial charge in [0.2, 0.25) is 0 Å². The SMILES string of the molecule is CC(NC(=O)c1cn[nH]n1)c1ccc(N)cc1. The first kappa shape index (κ1) is 11.1. The van der Waals surface area contributed by atoms with Crippen LogP contribution in [0.25, 0.3) is 0 Å². The van der Waals surface area contributed by atoms with Crippen LogP contribution in [0.4, 0.5) is 5.69 Å². The molecule has 6 nitrogen and oxygen atoms in total. The van der Waals surface area contributed by atoms with E-state index in [0.717, 1.165) is 5.56 Å². The third kappa shape index (κ3) is 2.60. The van der Waals surface area contributed by atoms with E-state index in [9.17, 15) is 4.79 Å². The maximum Gasteiger partial charge on any atom is 0.273 e. The summed E-state index contributed by atoms with van der Waals surface area (Å²) in [5.74, 6) is -0.261. The Bertz CT molecular complexity index is 491. The zero-order chi connectivity index (χ0) is 12.3. The van der Waals surface area contributed by atoms with E-state index >= 15 is 0 Å². The molecule has 2 rings (SSSR count). The first-order chi connectivity index (χ1) is 8.16. The van der Waals surface area contributed by atoms with Crippen molar-refractivity contribution in [1.29, 1.82) is 0 Å². The average molecular weight is 231 g/mol. The van der Waals surface area contributed by atoms with Crippen molar-refractivity contribution in [3.05, 3.63) is 41.7 Å². The van der Waals surface area contributed by atoms with Crippen molar-refractivity contribution >= 4 is 11.6 Å². The van der Waals surface area contributed by atoms with Crippen molar-refractivity contribution in [3.8, 4) is 0 Å². The predicted molar refractivity (Wildman–Crippen MR) is 63.1 cm³/mol. The van der Waals surface area contributed by atoms with Gasteiger partial charge in [0.1, 0.15) is 0 Å². The molecule has 0 saturated heterocycles. The maximum atomic E-state index is 11.7. The number of amides is 1. The molecule has 0 aliphatic heterocycles. The highest BCUT2D eigenvalue weighted by Crippen LogP contribution is 2.14. The van der Waals surface area contributed by atoms with Gasteiger partial charge in [0.25, 0.3) is 5.91 Å². The Balaban J connectivity index is 2.04. The molecule has 1 aromatic carbocycles. The molecule has 6 heteroatoms. The van der Waals surface area contributed by atoms with Crippen molar-refractivity contribution in [2.45, 2.75) is 13.0 Å². The number of anilines is 1. The Morgan fingerprint density at radius 3 is 2.71 bits per heavy atom. The van der Waals surface area contributed by atoms with Gasteiger partial charge in [-0.1, -0.05) is 12.1 Å². The molecule has 1 unspecified atom stereocenters. The summed E-state index contributed by atoms with van der Waals surface area (Å²) >= 11 is 0. The van der Waals surface area contributed by atoms with E-state index in [-0.39, 0.29) is 17.6 Å². The Kier molecular flexibility index (Phi) is 3.04. The van der Waals surface area contributed by atoms with Crippen molar-refractivity contribution in [2.24, 2.45) is 0 Å². The van der Waals surface area contributed by atoms with Gasteiger partial charge in [-0.25, -0.2) is 0 Å². The summed E-state index contributed by atoms with van der Waals surface area (Å²) < 4.78 is 0. The van der Waals surface area contributed by atoms with E-state index in [1.807, 2.05) is 19.1 Å². The molecular formula is C11H13N5O. The number of nitrogen functional groups attached to an aromatic ring is 1. The van der Waals surface area contributed by atoms with Crippen molar-refractivity contribution < 1.29 is 4.79 Å². The number of carbonyl (C=O) groups excluding carboxylic acids is 1. The molecule has 0 radical (unpaired) electrons. The third-order valence-corrected chi connectivity index (χ3v) is 2.43. The highest BCUT2D eigenvalue weighted by Gasteiger charge is 2.13. The molecule has 0 aliphatic rings. The molecule has 0 fully saturated rings. The first-order valence-corrected chi connectivity index (χ1v) is 5.19. The number of hydrogen-bond acceptors (Lipinski definition) is 4. The summed E-state index contributed by atoms with van der Waals surface area (Å²) in [5, 5.41) is 12.5. The van der Waals surface area contributed by atoms with E-state index in [1.165, 1.54) is 6.20 Å². The maximum absolute atomic E-state index is 11.7. The van der Waals surface area contributed by atoms with Gasteiger partial charge in [-0.15, -0.1) is 0 Å². The van der Waals surface area contributed by atoms with Crippen LogP contribution >= 0.6 is 0 Å². The van der Waals surface area contributed by atoms with Crippen molar-refractivity contribution in [3.63, 3.8) is 0 Å². The second-order valence-corrected chi connectivity index (χ2v) is 3.72. The quantitative estimate of drug-likeness (QED) is 0.683. The molecule has 0 aliphatic carbocycles. The monoisotopic (exact) mass is 231 g/mol. The molecule has 0 bridgehead atoms. The fourth-order valence-corrected chi connectivity index (χ4v) is 1.45. The lowest BCUT2D eigenvalue weighted by atomic mass is 10.1. The summed E-state index contributed by atoms with van der Waals surface area (Å²) in [4.78, 5) is 11.7. The Labute approximate surface area is 98.2 Å². The average Bonchev–Trinajstić information content (AvgIpc) is 2.83. The molecule has 1 aromatic heterocycles. The van der Waals surface area contributed by atoms with Crippen LogP contribution < -0.4 is 11.1 Å². The van der Waals surface area contributed by atoms with E-state index in [1.54, 1.807) is 12.1 Å². The van der Waals surface area contributed by atoms with Crippen LogP contribution in [0.1, 0.15) is 29.0 Å². The molecule has 4 N–H and O–H groups in total. The fraction of sp³-hybridized carbons (Fsp3) is 0.182. The largest absolute Gasteiger partial charge is 0.399 e. The van der Waals surface area contributed by atoms with Gasteiger partial charge < -0.3 is 11.1 Å². The van der Waals surface area contributed by atoms with Crippen LogP contribution in [0.2, 0.25) is 0 Å². The number of nitrogens with one attached hydrogen (secondary N) is 2. The van der Waals surface area contributed by atoms with Gasteiger partial charge in [-0.2, -0.15) is 15.4 Å². The van der Waals surface area contributed by atoms with Crippen LogP contribution in [-0.2, 0) is 0 Å². The van der Waals surface area contributed by atoms with Crippen LogP contribution in [0.15, 0.2) is 30.5 Å². The Morgan fingerprint density at radius 2 is 2.12 bits per heavy atom. The van der Waals surface area contributed by atoms with Crippen LogP contribution in [0.5, 0.6) is 0 Å². The topological polar surface area (TPSA) is 96.7 Å². The number of H-pyrrole nitrogens is 1. The molecule has 0 spiro atoms. The molecule has 1 atom stereocenters. The van der Waals surface area contributed by atoms with E-state index in [4.69, 9.17) is 5.73 Å². The minimum Gasteiger partial charge on any atom is -0.399 e. The number of benzene rings is 1. The Hall–Kier alpha value is -2.37. The third-order valence-electron chi connectivity index (χ3n) is 2.43. The highest BCUT2D eigenvalue weighted by atomic mass is 16.2. The smallest absolute Gasteiger partial charge is 0.273 e. The number of nitrogens with zero attached hydrogens (tertiary/aromatic N) is 2. The Morgan fingerprint density at radius 1 is 1.41 bits per heavy atom. The first-order valence-electron chi connectivity index (χ1n) is 5.19. The molecule has 1 amide bonds. The van der Waals surface area contributed by atoms with Crippen molar-refractivity contribution in [1.82, 2.24) is 20.7 Å². The lowest BCUT2D eigenvalue weighted by Crippen LogP contribution is -2.26. The molecular weight excluding hydrogens is 218 g/mol. The zero-order valence-electron chi connectivity index (χ0n) is 9.34. The number of aromatic nitrogens is 3. The summed E-state index contributed by atoms with van der Waals surface area (Å²) in [6, 6.07) is 7.24. The van der Waals surface area contributed by atoms with Gasteiger partial charge >= 0.3 is 0 Å². The number of nitrogens with two attached hydrogens (primary N) is 1. The minimum atomic E-state index is -0.261.